The van der Waals surface area contributed by atoms with Gasteiger partial charge in [0.1, 0.15) is 11.4 Å². The van der Waals surface area contributed by atoms with Crippen molar-refractivity contribution in [1.29, 1.82) is 0 Å². The summed E-state index contributed by atoms with van der Waals surface area (Å²) in [5.74, 6) is 0.491. The summed E-state index contributed by atoms with van der Waals surface area (Å²) in [6.45, 7) is 4.07. The molecule has 2 saturated heterocycles. The summed E-state index contributed by atoms with van der Waals surface area (Å²) in [5, 5.41) is 15.6. The minimum Gasteiger partial charge on any atom is -0.385 e. The smallest absolute Gasteiger partial charge is 0.385 e. The third kappa shape index (κ3) is 4.01. The molecule has 2 aliphatic heterocycles. The Kier molecular flexibility index (Phi) is 5.24. The minimum atomic E-state index is -4.47. The Hall–Kier alpha value is -2.47. The molecule has 0 saturated carbocycles. The summed E-state index contributed by atoms with van der Waals surface area (Å²) in [5.41, 5.74) is -1.17. The lowest BCUT2D eigenvalue weighted by atomic mass is 9.93. The Labute approximate surface area is 186 Å². The third-order valence-corrected chi connectivity index (χ3v) is 5.86. The number of anilines is 1. The SMILES string of the molecule is OC1(CN2CCOCC2)CN(c2nc(Cl)nc3c2cnn3-c2cccc(C(F)(F)F)c2)C1. The van der Waals surface area contributed by atoms with Gasteiger partial charge in [0.05, 0.1) is 49.1 Å². The number of β-amino-alcohol motifs (C(OH)–C–C–N with tert-alkyl or cyclic N) is 1. The van der Waals surface area contributed by atoms with Gasteiger partial charge in [0.25, 0.3) is 0 Å². The van der Waals surface area contributed by atoms with E-state index in [4.69, 9.17) is 16.3 Å². The van der Waals surface area contributed by atoms with Gasteiger partial charge in [-0.2, -0.15) is 28.2 Å². The number of rotatable bonds is 4. The standard InChI is InChI=1S/C20H20ClF3N6O2/c21-18-26-16(29-11-19(31,12-29)10-28-4-6-32-7-5-28)15-9-25-30(17(15)27-18)14-3-1-2-13(8-14)20(22,23)24/h1-3,8-9,31H,4-7,10-12H2. The highest BCUT2D eigenvalue weighted by Crippen LogP contribution is 2.35. The van der Waals surface area contributed by atoms with Gasteiger partial charge in [-0.15, -0.1) is 0 Å². The lowest BCUT2D eigenvalue weighted by molar-refractivity contribution is -0.137. The highest BCUT2D eigenvalue weighted by Gasteiger charge is 2.44. The van der Waals surface area contributed by atoms with Crippen LogP contribution >= 0.6 is 11.6 Å². The topological polar surface area (TPSA) is 79.5 Å². The number of hydrogen-bond acceptors (Lipinski definition) is 7. The lowest BCUT2D eigenvalue weighted by Crippen LogP contribution is -2.67. The van der Waals surface area contributed by atoms with Crippen molar-refractivity contribution in [1.82, 2.24) is 24.6 Å². The van der Waals surface area contributed by atoms with Gasteiger partial charge in [0.2, 0.25) is 5.28 Å². The van der Waals surface area contributed by atoms with E-state index in [1.165, 1.54) is 23.0 Å². The first kappa shape index (κ1) is 21.4. The van der Waals surface area contributed by atoms with Crippen molar-refractivity contribution >= 4 is 28.5 Å². The summed E-state index contributed by atoms with van der Waals surface area (Å²) >= 11 is 6.14. The molecule has 8 nitrogen and oxygen atoms in total. The first-order chi connectivity index (χ1) is 15.2. The largest absolute Gasteiger partial charge is 0.416 e. The van der Waals surface area contributed by atoms with Crippen molar-refractivity contribution in [3.63, 3.8) is 0 Å². The minimum absolute atomic E-state index is 0.0511. The van der Waals surface area contributed by atoms with Crippen LogP contribution in [0.25, 0.3) is 16.7 Å². The number of ether oxygens (including phenoxy) is 1. The van der Waals surface area contributed by atoms with Crippen LogP contribution in [-0.2, 0) is 10.9 Å². The molecule has 0 bridgehead atoms. The van der Waals surface area contributed by atoms with Crippen LogP contribution in [0.2, 0.25) is 5.28 Å². The molecule has 2 aliphatic rings. The van der Waals surface area contributed by atoms with Crippen molar-refractivity contribution in [3.8, 4) is 5.69 Å². The fraction of sp³-hybridized carbons (Fsp3) is 0.450. The van der Waals surface area contributed by atoms with Crippen molar-refractivity contribution in [3.05, 3.63) is 41.3 Å². The number of aliphatic hydroxyl groups is 1. The highest BCUT2D eigenvalue weighted by molar-refractivity contribution is 6.28. The number of halogens is 4. The molecule has 0 spiro atoms. The second kappa shape index (κ2) is 7.84. The van der Waals surface area contributed by atoms with Crippen LogP contribution in [0, 0.1) is 0 Å². The Morgan fingerprint density at radius 3 is 2.62 bits per heavy atom. The molecule has 2 fully saturated rings. The molecular weight excluding hydrogens is 449 g/mol. The summed E-state index contributed by atoms with van der Waals surface area (Å²) in [4.78, 5) is 12.5. The molecule has 0 atom stereocenters. The van der Waals surface area contributed by atoms with E-state index in [-0.39, 0.29) is 11.0 Å². The maximum atomic E-state index is 13.1. The predicted molar refractivity (Wildman–Crippen MR) is 111 cm³/mol. The van der Waals surface area contributed by atoms with Crippen molar-refractivity contribution in [2.24, 2.45) is 0 Å². The van der Waals surface area contributed by atoms with Gasteiger partial charge in [0.15, 0.2) is 5.65 Å². The van der Waals surface area contributed by atoms with Crippen molar-refractivity contribution < 1.29 is 23.0 Å². The average Bonchev–Trinajstić information content (AvgIpc) is 3.15. The Morgan fingerprint density at radius 1 is 1.16 bits per heavy atom. The first-order valence-electron chi connectivity index (χ1n) is 10.1. The molecule has 1 aromatic carbocycles. The van der Waals surface area contributed by atoms with Crippen LogP contribution < -0.4 is 4.90 Å². The molecule has 1 N–H and O–H groups in total. The fourth-order valence-electron chi connectivity index (χ4n) is 4.20. The van der Waals surface area contributed by atoms with Gasteiger partial charge in [-0.3, -0.25) is 4.90 Å². The van der Waals surface area contributed by atoms with E-state index < -0.39 is 17.3 Å². The van der Waals surface area contributed by atoms with Crippen LogP contribution in [0.5, 0.6) is 0 Å². The molecule has 0 aliphatic carbocycles. The van der Waals surface area contributed by atoms with E-state index in [1.54, 1.807) is 0 Å². The van der Waals surface area contributed by atoms with Gasteiger partial charge in [0, 0.05) is 19.6 Å². The number of benzene rings is 1. The summed E-state index contributed by atoms with van der Waals surface area (Å²) < 4.78 is 46.1. The molecule has 2 aromatic heterocycles. The van der Waals surface area contributed by atoms with Crippen molar-refractivity contribution in [2.45, 2.75) is 11.8 Å². The molecule has 4 heterocycles. The van der Waals surface area contributed by atoms with E-state index in [9.17, 15) is 18.3 Å². The van der Waals surface area contributed by atoms with Crippen LogP contribution in [0.15, 0.2) is 30.5 Å². The summed E-state index contributed by atoms with van der Waals surface area (Å²) in [7, 11) is 0. The van der Waals surface area contributed by atoms with Crippen LogP contribution in [0.4, 0.5) is 19.0 Å². The summed E-state index contributed by atoms with van der Waals surface area (Å²) in [6.07, 6.45) is -2.97. The van der Waals surface area contributed by atoms with E-state index in [0.29, 0.717) is 49.7 Å². The number of fused-ring (bicyclic) bond motifs is 1. The molecule has 5 rings (SSSR count). The number of alkyl halides is 3. The van der Waals surface area contributed by atoms with E-state index in [1.807, 2.05) is 4.90 Å². The molecule has 3 aromatic rings. The number of hydrogen-bond donors (Lipinski definition) is 1. The Balaban J connectivity index is 1.42. The predicted octanol–water partition coefficient (Wildman–Crippen LogP) is 2.37. The third-order valence-electron chi connectivity index (χ3n) is 5.69. The normalized spacial score (nSPS) is 19.3. The summed E-state index contributed by atoms with van der Waals surface area (Å²) in [6, 6.07) is 4.84. The molecule has 32 heavy (non-hydrogen) atoms. The van der Waals surface area contributed by atoms with E-state index in [0.717, 1.165) is 25.2 Å². The second-order valence-corrected chi connectivity index (χ2v) is 8.46. The Morgan fingerprint density at radius 2 is 1.91 bits per heavy atom. The quantitative estimate of drug-likeness (QED) is 0.589. The molecule has 0 radical (unpaired) electrons. The van der Waals surface area contributed by atoms with E-state index in [2.05, 4.69) is 20.0 Å². The van der Waals surface area contributed by atoms with Gasteiger partial charge in [-0.25, -0.2) is 4.68 Å². The second-order valence-electron chi connectivity index (χ2n) is 8.13. The molecule has 0 amide bonds. The fourth-order valence-corrected chi connectivity index (χ4v) is 4.36. The van der Waals surface area contributed by atoms with Gasteiger partial charge in [-0.1, -0.05) is 6.07 Å². The maximum absolute atomic E-state index is 13.1. The average molecular weight is 469 g/mol. The molecule has 12 heteroatoms. The molecule has 0 unspecified atom stereocenters. The van der Waals surface area contributed by atoms with Gasteiger partial charge >= 0.3 is 6.18 Å². The van der Waals surface area contributed by atoms with Gasteiger partial charge < -0.3 is 14.7 Å². The zero-order valence-electron chi connectivity index (χ0n) is 16.9. The monoisotopic (exact) mass is 468 g/mol. The van der Waals surface area contributed by atoms with Crippen LogP contribution in [0.1, 0.15) is 5.56 Å². The Bertz CT molecular complexity index is 1140. The zero-order valence-corrected chi connectivity index (χ0v) is 17.6. The van der Waals surface area contributed by atoms with Crippen LogP contribution in [-0.4, -0.2) is 81.3 Å². The van der Waals surface area contributed by atoms with Crippen LogP contribution in [0.3, 0.4) is 0 Å². The first-order valence-corrected chi connectivity index (χ1v) is 10.5. The zero-order chi connectivity index (χ0) is 22.5. The van der Waals surface area contributed by atoms with Gasteiger partial charge in [-0.05, 0) is 29.8 Å². The lowest BCUT2D eigenvalue weighted by Gasteiger charge is -2.49. The maximum Gasteiger partial charge on any atom is 0.416 e. The number of nitrogens with zero attached hydrogens (tertiary/aromatic N) is 6. The molecule has 170 valence electrons. The molecular formula is C20H20ClF3N6O2. The highest BCUT2D eigenvalue weighted by atomic mass is 35.5. The number of aromatic nitrogens is 4. The van der Waals surface area contributed by atoms with E-state index >= 15 is 0 Å². The number of morpholine rings is 1. The van der Waals surface area contributed by atoms with Crippen molar-refractivity contribution in [2.75, 3.05) is 50.8 Å².